The maximum atomic E-state index is 5.07. The molecule has 0 atom stereocenters. The molecule has 0 saturated carbocycles. The van der Waals surface area contributed by atoms with Gasteiger partial charge in [0.2, 0.25) is 0 Å². The summed E-state index contributed by atoms with van der Waals surface area (Å²) in [4.78, 5) is 0. The highest BCUT2D eigenvalue weighted by atomic mass is 16.5. The quantitative estimate of drug-likeness (QED) is 0.682. The second kappa shape index (κ2) is 5.41. The second-order valence-corrected chi connectivity index (χ2v) is 2.96. The third-order valence-corrected chi connectivity index (χ3v) is 1.88. The molecule has 1 nitrogen and oxygen atoms in total. The van der Waals surface area contributed by atoms with Gasteiger partial charge in [0.25, 0.3) is 0 Å². The van der Waals surface area contributed by atoms with Crippen LogP contribution >= 0.6 is 0 Å². The number of hydrogen-bond acceptors (Lipinski definition) is 1. The topological polar surface area (TPSA) is 9.23 Å². The van der Waals surface area contributed by atoms with E-state index in [1.54, 1.807) is 7.11 Å². The zero-order chi connectivity index (χ0) is 9.52. The van der Waals surface area contributed by atoms with Crippen LogP contribution in [0.5, 0.6) is 5.75 Å². The van der Waals surface area contributed by atoms with Gasteiger partial charge in [-0.1, -0.05) is 37.6 Å². The van der Waals surface area contributed by atoms with Crippen molar-refractivity contribution < 1.29 is 4.74 Å². The summed E-state index contributed by atoms with van der Waals surface area (Å²) in [5.41, 5.74) is 1.23. The van der Waals surface area contributed by atoms with Gasteiger partial charge in [-0.3, -0.25) is 0 Å². The van der Waals surface area contributed by atoms with Crippen molar-refractivity contribution >= 4 is 6.08 Å². The van der Waals surface area contributed by atoms with E-state index >= 15 is 0 Å². The third-order valence-electron chi connectivity index (χ3n) is 1.88. The van der Waals surface area contributed by atoms with Gasteiger partial charge in [0.15, 0.2) is 0 Å². The first-order valence-electron chi connectivity index (χ1n) is 4.67. The van der Waals surface area contributed by atoms with Crippen molar-refractivity contribution in [3.63, 3.8) is 0 Å². The molecule has 0 aliphatic carbocycles. The first-order chi connectivity index (χ1) is 6.36. The highest BCUT2D eigenvalue weighted by Gasteiger charge is 1.88. The Labute approximate surface area is 80.0 Å². The highest BCUT2D eigenvalue weighted by molar-refractivity contribution is 5.50. The molecule has 0 bridgehead atoms. The SMILES string of the molecule is CCC/C=C/c1ccc(OC)cc1. The lowest BCUT2D eigenvalue weighted by Gasteiger charge is -1.98. The minimum atomic E-state index is 0.910. The van der Waals surface area contributed by atoms with Gasteiger partial charge in [-0.05, 0) is 24.1 Å². The van der Waals surface area contributed by atoms with Gasteiger partial charge in [0.1, 0.15) is 5.75 Å². The van der Waals surface area contributed by atoms with Gasteiger partial charge >= 0.3 is 0 Å². The van der Waals surface area contributed by atoms with Gasteiger partial charge in [-0.25, -0.2) is 0 Å². The Hall–Kier alpha value is -1.24. The molecule has 0 heterocycles. The number of rotatable bonds is 4. The molecule has 13 heavy (non-hydrogen) atoms. The average molecular weight is 176 g/mol. The minimum Gasteiger partial charge on any atom is -0.497 e. The standard InChI is InChI=1S/C12H16O/c1-3-4-5-6-11-7-9-12(13-2)10-8-11/h5-10H,3-4H2,1-2H3/b6-5+. The highest BCUT2D eigenvalue weighted by Crippen LogP contribution is 2.12. The van der Waals surface area contributed by atoms with E-state index in [2.05, 4.69) is 31.2 Å². The van der Waals surface area contributed by atoms with Crippen molar-refractivity contribution in [2.75, 3.05) is 7.11 Å². The summed E-state index contributed by atoms with van der Waals surface area (Å²) in [7, 11) is 1.68. The second-order valence-electron chi connectivity index (χ2n) is 2.96. The van der Waals surface area contributed by atoms with Crippen LogP contribution in [0.25, 0.3) is 6.08 Å². The van der Waals surface area contributed by atoms with E-state index in [0.29, 0.717) is 0 Å². The molecular weight excluding hydrogens is 160 g/mol. The Balaban J connectivity index is 2.58. The van der Waals surface area contributed by atoms with Gasteiger partial charge < -0.3 is 4.74 Å². The minimum absolute atomic E-state index is 0.910. The molecule has 0 aliphatic rings. The zero-order valence-electron chi connectivity index (χ0n) is 8.29. The van der Waals surface area contributed by atoms with Gasteiger partial charge in [0.05, 0.1) is 7.11 Å². The number of benzene rings is 1. The smallest absolute Gasteiger partial charge is 0.118 e. The fraction of sp³-hybridized carbons (Fsp3) is 0.333. The maximum Gasteiger partial charge on any atom is 0.118 e. The van der Waals surface area contributed by atoms with Crippen LogP contribution in [-0.2, 0) is 0 Å². The maximum absolute atomic E-state index is 5.07. The van der Waals surface area contributed by atoms with Crippen molar-refractivity contribution in [3.8, 4) is 5.75 Å². The Bertz CT molecular complexity index is 259. The molecule has 0 fully saturated rings. The molecule has 0 saturated heterocycles. The molecular formula is C12H16O. The molecule has 1 aromatic rings. The van der Waals surface area contributed by atoms with E-state index < -0.39 is 0 Å². The zero-order valence-corrected chi connectivity index (χ0v) is 8.29. The van der Waals surface area contributed by atoms with Crippen LogP contribution in [0.15, 0.2) is 30.3 Å². The Kier molecular flexibility index (Phi) is 4.10. The molecule has 0 aromatic heterocycles. The monoisotopic (exact) mass is 176 g/mol. The molecule has 1 heteroatoms. The van der Waals surface area contributed by atoms with Crippen LogP contribution in [-0.4, -0.2) is 7.11 Å². The third kappa shape index (κ3) is 3.32. The summed E-state index contributed by atoms with van der Waals surface area (Å²) in [5.74, 6) is 0.910. The predicted octanol–water partition coefficient (Wildman–Crippen LogP) is 3.51. The molecule has 0 amide bonds. The summed E-state index contributed by atoms with van der Waals surface area (Å²) < 4.78 is 5.07. The Morgan fingerprint density at radius 1 is 1.23 bits per heavy atom. The fourth-order valence-electron chi connectivity index (χ4n) is 1.10. The number of methoxy groups -OCH3 is 1. The van der Waals surface area contributed by atoms with Crippen LogP contribution in [0.3, 0.4) is 0 Å². The summed E-state index contributed by atoms with van der Waals surface area (Å²) in [5, 5.41) is 0. The van der Waals surface area contributed by atoms with Crippen LogP contribution in [0.2, 0.25) is 0 Å². The van der Waals surface area contributed by atoms with Crippen molar-refractivity contribution in [2.45, 2.75) is 19.8 Å². The van der Waals surface area contributed by atoms with E-state index in [-0.39, 0.29) is 0 Å². The van der Waals surface area contributed by atoms with Crippen LogP contribution < -0.4 is 4.74 Å². The summed E-state index contributed by atoms with van der Waals surface area (Å²) in [6.45, 7) is 2.18. The van der Waals surface area contributed by atoms with E-state index in [0.717, 1.165) is 12.2 Å². The van der Waals surface area contributed by atoms with E-state index in [4.69, 9.17) is 4.74 Å². The van der Waals surface area contributed by atoms with E-state index in [1.165, 1.54) is 12.0 Å². The lowest BCUT2D eigenvalue weighted by molar-refractivity contribution is 0.415. The van der Waals surface area contributed by atoms with Crippen LogP contribution in [0, 0.1) is 0 Å². The van der Waals surface area contributed by atoms with Gasteiger partial charge in [-0.15, -0.1) is 0 Å². The van der Waals surface area contributed by atoms with Crippen molar-refractivity contribution in [2.24, 2.45) is 0 Å². The van der Waals surface area contributed by atoms with E-state index in [1.807, 2.05) is 12.1 Å². The molecule has 0 radical (unpaired) electrons. The molecule has 0 aliphatic heterocycles. The number of unbranched alkanes of at least 4 members (excludes halogenated alkanes) is 1. The first-order valence-corrected chi connectivity index (χ1v) is 4.67. The lowest BCUT2D eigenvalue weighted by Crippen LogP contribution is -1.81. The van der Waals surface area contributed by atoms with Crippen LogP contribution in [0.1, 0.15) is 25.3 Å². The lowest BCUT2D eigenvalue weighted by atomic mass is 10.2. The number of allylic oxidation sites excluding steroid dienone is 1. The van der Waals surface area contributed by atoms with E-state index in [9.17, 15) is 0 Å². The Morgan fingerprint density at radius 3 is 2.46 bits per heavy atom. The number of hydrogen-bond donors (Lipinski definition) is 0. The van der Waals surface area contributed by atoms with Crippen molar-refractivity contribution in [1.29, 1.82) is 0 Å². The fourth-order valence-corrected chi connectivity index (χ4v) is 1.10. The average Bonchev–Trinajstić information content (AvgIpc) is 2.19. The summed E-state index contributed by atoms with van der Waals surface area (Å²) in [6, 6.07) is 8.08. The normalized spacial score (nSPS) is 10.6. The molecule has 0 spiro atoms. The molecule has 1 rings (SSSR count). The number of ether oxygens (including phenoxy) is 1. The Morgan fingerprint density at radius 2 is 1.92 bits per heavy atom. The van der Waals surface area contributed by atoms with Crippen LogP contribution in [0.4, 0.5) is 0 Å². The van der Waals surface area contributed by atoms with Gasteiger partial charge in [-0.2, -0.15) is 0 Å². The molecule has 0 unspecified atom stereocenters. The van der Waals surface area contributed by atoms with Gasteiger partial charge in [0, 0.05) is 0 Å². The van der Waals surface area contributed by atoms with Crippen molar-refractivity contribution in [1.82, 2.24) is 0 Å². The predicted molar refractivity (Wildman–Crippen MR) is 56.9 cm³/mol. The van der Waals surface area contributed by atoms with Crippen molar-refractivity contribution in [3.05, 3.63) is 35.9 Å². The largest absolute Gasteiger partial charge is 0.497 e. The summed E-state index contributed by atoms with van der Waals surface area (Å²) in [6.07, 6.45) is 6.68. The molecule has 70 valence electrons. The first kappa shape index (κ1) is 9.85. The molecule has 0 N–H and O–H groups in total. The summed E-state index contributed by atoms with van der Waals surface area (Å²) >= 11 is 0. The molecule has 1 aromatic carbocycles.